The molecular weight excluding hydrogens is 316 g/mol. The zero-order chi connectivity index (χ0) is 16.5. The average Bonchev–Trinajstić information content (AvgIpc) is 2.61. The molecule has 2 aromatic carbocycles. The van der Waals surface area contributed by atoms with Gasteiger partial charge in [-0.15, -0.1) is 0 Å². The molecule has 0 saturated heterocycles. The zero-order valence-corrected chi connectivity index (χ0v) is 14.7. The van der Waals surface area contributed by atoms with E-state index in [9.17, 15) is 0 Å². The van der Waals surface area contributed by atoms with Gasteiger partial charge in [0.05, 0.1) is 11.2 Å². The SMILES string of the molecule is CN(C)CCNc1cc2c(c3ncccc13)NSc1ccccc1-2. The number of anilines is 2. The molecule has 0 radical (unpaired) electrons. The summed E-state index contributed by atoms with van der Waals surface area (Å²) in [6.07, 6.45) is 1.86. The van der Waals surface area contributed by atoms with E-state index in [4.69, 9.17) is 0 Å². The molecule has 2 heterocycles. The minimum Gasteiger partial charge on any atom is -0.383 e. The van der Waals surface area contributed by atoms with Crippen LogP contribution in [0.3, 0.4) is 0 Å². The predicted octanol–water partition coefficient (Wildman–Crippen LogP) is 4.31. The number of nitrogens with zero attached hydrogens (tertiary/aromatic N) is 2. The molecule has 24 heavy (non-hydrogen) atoms. The molecule has 0 amide bonds. The van der Waals surface area contributed by atoms with Gasteiger partial charge in [-0.05, 0) is 55.9 Å². The molecule has 0 atom stereocenters. The van der Waals surface area contributed by atoms with Crippen molar-refractivity contribution < 1.29 is 0 Å². The Hall–Kier alpha value is -2.24. The van der Waals surface area contributed by atoms with E-state index in [2.05, 4.69) is 70.4 Å². The Labute approximate surface area is 146 Å². The van der Waals surface area contributed by atoms with Gasteiger partial charge in [-0.2, -0.15) is 0 Å². The standard InChI is InChI=1S/C19H20N4S/c1-23(2)11-10-20-16-12-15-13-6-3-4-8-17(13)24-22-19(15)18-14(16)7-5-9-21-18/h3-9,12,20,22H,10-11H2,1-2H3. The molecule has 0 bridgehead atoms. The minimum absolute atomic E-state index is 0.902. The number of nitrogens with one attached hydrogen (secondary N) is 2. The second kappa shape index (κ2) is 6.34. The molecule has 0 fully saturated rings. The number of likely N-dealkylation sites (N-methyl/N-ethyl adjacent to an activating group) is 1. The van der Waals surface area contributed by atoms with Crippen molar-refractivity contribution in [3.8, 4) is 11.1 Å². The van der Waals surface area contributed by atoms with Crippen LogP contribution in [0.15, 0.2) is 53.6 Å². The van der Waals surface area contributed by atoms with Gasteiger partial charge in [-0.1, -0.05) is 18.2 Å². The van der Waals surface area contributed by atoms with Crippen LogP contribution in [0.25, 0.3) is 22.0 Å². The largest absolute Gasteiger partial charge is 0.383 e. The van der Waals surface area contributed by atoms with Gasteiger partial charge in [0, 0.05) is 40.8 Å². The maximum Gasteiger partial charge on any atom is 0.0968 e. The Morgan fingerprint density at radius 2 is 2.00 bits per heavy atom. The van der Waals surface area contributed by atoms with Crippen molar-refractivity contribution in [1.29, 1.82) is 0 Å². The summed E-state index contributed by atoms with van der Waals surface area (Å²) in [6.45, 7) is 1.89. The third-order valence-corrected chi connectivity index (χ3v) is 5.09. The summed E-state index contributed by atoms with van der Waals surface area (Å²) < 4.78 is 3.48. The van der Waals surface area contributed by atoms with Crippen LogP contribution in [0.1, 0.15) is 0 Å². The van der Waals surface area contributed by atoms with Crippen LogP contribution in [0, 0.1) is 0 Å². The van der Waals surface area contributed by atoms with Crippen molar-refractivity contribution in [1.82, 2.24) is 9.88 Å². The first-order valence-electron chi connectivity index (χ1n) is 8.06. The highest BCUT2D eigenvalue weighted by atomic mass is 32.2. The van der Waals surface area contributed by atoms with Gasteiger partial charge in [0.25, 0.3) is 0 Å². The van der Waals surface area contributed by atoms with Gasteiger partial charge in [-0.3, -0.25) is 4.98 Å². The number of fused-ring (bicyclic) bond motifs is 5. The van der Waals surface area contributed by atoms with E-state index in [1.807, 2.05) is 12.3 Å². The van der Waals surface area contributed by atoms with Crippen LogP contribution in [0.2, 0.25) is 0 Å². The number of hydrogen-bond donors (Lipinski definition) is 2. The molecule has 122 valence electrons. The van der Waals surface area contributed by atoms with E-state index in [-0.39, 0.29) is 0 Å². The van der Waals surface area contributed by atoms with Gasteiger partial charge in [-0.25, -0.2) is 0 Å². The first kappa shape index (κ1) is 15.3. The van der Waals surface area contributed by atoms with Crippen LogP contribution in [0.5, 0.6) is 0 Å². The molecule has 0 aliphatic carbocycles. The monoisotopic (exact) mass is 336 g/mol. The summed E-state index contributed by atoms with van der Waals surface area (Å²) in [5.74, 6) is 0. The number of benzene rings is 2. The highest BCUT2D eigenvalue weighted by Gasteiger charge is 2.20. The van der Waals surface area contributed by atoms with Crippen molar-refractivity contribution in [2.24, 2.45) is 0 Å². The van der Waals surface area contributed by atoms with Gasteiger partial charge in [0.15, 0.2) is 0 Å². The van der Waals surface area contributed by atoms with Gasteiger partial charge in [0.2, 0.25) is 0 Å². The van der Waals surface area contributed by atoms with Crippen molar-refractivity contribution >= 4 is 34.2 Å². The summed E-state index contributed by atoms with van der Waals surface area (Å²) in [5, 5.41) is 4.74. The number of aromatic nitrogens is 1. The number of hydrogen-bond acceptors (Lipinski definition) is 5. The molecule has 2 N–H and O–H groups in total. The molecule has 1 aromatic heterocycles. The Balaban J connectivity index is 1.85. The van der Waals surface area contributed by atoms with Crippen molar-refractivity contribution in [2.75, 3.05) is 37.2 Å². The van der Waals surface area contributed by atoms with Crippen molar-refractivity contribution in [3.05, 3.63) is 48.7 Å². The Bertz CT molecular complexity index is 892. The van der Waals surface area contributed by atoms with Crippen LogP contribution >= 0.6 is 11.9 Å². The summed E-state index contributed by atoms with van der Waals surface area (Å²) in [4.78, 5) is 8.07. The van der Waals surface area contributed by atoms with Crippen LogP contribution in [-0.4, -0.2) is 37.1 Å². The second-order valence-electron chi connectivity index (χ2n) is 6.18. The van der Waals surface area contributed by atoms with Crippen LogP contribution in [0.4, 0.5) is 11.4 Å². The van der Waals surface area contributed by atoms with E-state index < -0.39 is 0 Å². The van der Waals surface area contributed by atoms with Crippen LogP contribution < -0.4 is 10.0 Å². The quantitative estimate of drug-likeness (QED) is 0.695. The molecule has 1 aliphatic heterocycles. The minimum atomic E-state index is 0.902. The molecule has 0 saturated carbocycles. The average molecular weight is 336 g/mol. The molecule has 4 nitrogen and oxygen atoms in total. The van der Waals surface area contributed by atoms with Crippen LogP contribution in [-0.2, 0) is 0 Å². The van der Waals surface area contributed by atoms with Crippen molar-refractivity contribution in [2.45, 2.75) is 4.90 Å². The Morgan fingerprint density at radius 3 is 2.88 bits per heavy atom. The number of rotatable bonds is 4. The lowest BCUT2D eigenvalue weighted by molar-refractivity contribution is 0.425. The topological polar surface area (TPSA) is 40.2 Å². The fraction of sp³-hybridized carbons (Fsp3) is 0.211. The van der Waals surface area contributed by atoms with Gasteiger partial charge < -0.3 is 14.9 Å². The summed E-state index contributed by atoms with van der Waals surface area (Å²) in [6, 6.07) is 14.9. The smallest absolute Gasteiger partial charge is 0.0968 e. The number of pyridine rings is 1. The maximum atomic E-state index is 4.65. The van der Waals surface area contributed by atoms with E-state index in [0.717, 1.165) is 35.4 Å². The fourth-order valence-electron chi connectivity index (χ4n) is 3.00. The highest BCUT2D eigenvalue weighted by Crippen LogP contribution is 2.46. The zero-order valence-electron chi connectivity index (χ0n) is 13.8. The summed E-state index contributed by atoms with van der Waals surface area (Å²) >= 11 is 1.66. The lowest BCUT2D eigenvalue weighted by atomic mass is 9.99. The molecule has 0 unspecified atom stereocenters. The van der Waals surface area contributed by atoms with E-state index >= 15 is 0 Å². The van der Waals surface area contributed by atoms with E-state index in [1.54, 1.807) is 11.9 Å². The Kier molecular flexibility index (Phi) is 4.04. The van der Waals surface area contributed by atoms with Crippen molar-refractivity contribution in [3.63, 3.8) is 0 Å². The first-order valence-corrected chi connectivity index (χ1v) is 8.88. The highest BCUT2D eigenvalue weighted by molar-refractivity contribution is 8.00. The summed E-state index contributed by atoms with van der Waals surface area (Å²) in [5.41, 5.74) is 5.74. The lowest BCUT2D eigenvalue weighted by Gasteiger charge is -2.23. The fourth-order valence-corrected chi connectivity index (χ4v) is 3.86. The second-order valence-corrected chi connectivity index (χ2v) is 7.02. The molecule has 5 heteroatoms. The third-order valence-electron chi connectivity index (χ3n) is 4.21. The molecule has 0 spiro atoms. The van der Waals surface area contributed by atoms with Gasteiger partial charge >= 0.3 is 0 Å². The van der Waals surface area contributed by atoms with E-state index in [1.165, 1.54) is 16.0 Å². The Morgan fingerprint density at radius 1 is 1.12 bits per heavy atom. The normalized spacial score (nSPS) is 12.6. The van der Waals surface area contributed by atoms with E-state index in [0.29, 0.717) is 0 Å². The molecule has 3 aromatic rings. The lowest BCUT2D eigenvalue weighted by Crippen LogP contribution is -2.21. The molecule has 4 rings (SSSR count). The van der Waals surface area contributed by atoms with Gasteiger partial charge in [0.1, 0.15) is 0 Å². The third kappa shape index (κ3) is 2.70. The molecule has 1 aliphatic rings. The summed E-state index contributed by atoms with van der Waals surface area (Å²) in [7, 11) is 4.18. The first-order chi connectivity index (χ1) is 11.7. The predicted molar refractivity (Wildman–Crippen MR) is 104 cm³/mol. The molecular formula is C19H20N4S. The maximum absolute atomic E-state index is 4.65.